The number of hydrogen-bond acceptors (Lipinski definition) is 0. The fourth-order valence-corrected chi connectivity index (χ4v) is 2.94. The Morgan fingerprint density at radius 3 is 2.06 bits per heavy atom. The Morgan fingerprint density at radius 2 is 1.69 bits per heavy atom. The van der Waals surface area contributed by atoms with Crippen LogP contribution in [-0.2, 0) is 0 Å². The third-order valence-corrected chi connectivity index (χ3v) is 5.11. The van der Waals surface area contributed by atoms with Gasteiger partial charge in [0.2, 0.25) is 0 Å². The van der Waals surface area contributed by atoms with Crippen molar-refractivity contribution in [2.45, 2.75) is 45.9 Å². The van der Waals surface area contributed by atoms with Gasteiger partial charge >= 0.3 is 0 Å². The molecule has 0 nitrogen and oxygen atoms in total. The topological polar surface area (TPSA) is 0 Å². The average Bonchev–Trinajstić information content (AvgIpc) is 2.15. The highest BCUT2D eigenvalue weighted by Crippen LogP contribution is 2.45. The van der Waals surface area contributed by atoms with Crippen molar-refractivity contribution >= 4 is 15.9 Å². The lowest BCUT2D eigenvalue weighted by Crippen LogP contribution is -2.18. The lowest BCUT2D eigenvalue weighted by atomic mass is 9.80. The van der Waals surface area contributed by atoms with E-state index in [2.05, 4.69) is 36.7 Å². The van der Waals surface area contributed by atoms with Crippen molar-refractivity contribution in [2.75, 3.05) is 0 Å². The zero-order valence-electron chi connectivity index (χ0n) is 10.7. The molecule has 0 spiro atoms. The van der Waals surface area contributed by atoms with Crippen LogP contribution in [0.5, 0.6) is 0 Å². The predicted molar refractivity (Wildman–Crippen MR) is 71.6 cm³/mol. The molecule has 0 heterocycles. The van der Waals surface area contributed by atoms with E-state index in [9.17, 15) is 4.39 Å². The maximum atomic E-state index is 13.2. The highest BCUT2D eigenvalue weighted by Gasteiger charge is 2.29. The summed E-state index contributed by atoms with van der Waals surface area (Å²) in [7, 11) is 0. The zero-order valence-corrected chi connectivity index (χ0v) is 12.3. The number of aryl methyl sites for hydroxylation is 2. The molecular weight excluding hydrogens is 267 g/mol. The number of halogens is 2. The van der Waals surface area contributed by atoms with Crippen LogP contribution in [-0.4, -0.2) is 0 Å². The lowest BCUT2D eigenvalue weighted by Gasteiger charge is -2.31. The van der Waals surface area contributed by atoms with Gasteiger partial charge in [-0.15, -0.1) is 0 Å². The second-order valence-corrected chi connectivity index (χ2v) is 6.07. The maximum Gasteiger partial charge on any atom is 0.123 e. The third kappa shape index (κ3) is 2.65. The van der Waals surface area contributed by atoms with Crippen molar-refractivity contribution in [3.05, 3.63) is 34.6 Å². The normalized spacial score (nSPS) is 13.9. The van der Waals surface area contributed by atoms with Crippen LogP contribution in [0, 0.1) is 25.1 Å². The van der Waals surface area contributed by atoms with Crippen molar-refractivity contribution in [3.8, 4) is 0 Å². The minimum Gasteiger partial charge on any atom is -0.207 e. The van der Waals surface area contributed by atoms with E-state index in [-0.39, 0.29) is 16.1 Å². The second kappa shape index (κ2) is 4.87. The second-order valence-electron chi connectivity index (χ2n) is 5.16. The molecule has 1 aromatic rings. The smallest absolute Gasteiger partial charge is 0.123 e. The van der Waals surface area contributed by atoms with Gasteiger partial charge in [0.05, 0.1) is 0 Å². The van der Waals surface area contributed by atoms with Gasteiger partial charge in [0.1, 0.15) is 5.82 Å². The van der Waals surface area contributed by atoms with E-state index in [0.717, 1.165) is 17.5 Å². The molecule has 1 unspecified atom stereocenters. The fourth-order valence-electron chi connectivity index (χ4n) is 1.89. The number of alkyl halides is 1. The van der Waals surface area contributed by atoms with Gasteiger partial charge in [-0.1, -0.05) is 36.7 Å². The number of benzene rings is 1. The van der Waals surface area contributed by atoms with Crippen LogP contribution in [0.1, 0.15) is 48.7 Å². The molecule has 0 aliphatic heterocycles. The van der Waals surface area contributed by atoms with Crippen LogP contribution in [0.3, 0.4) is 0 Å². The molecule has 1 aromatic carbocycles. The summed E-state index contributed by atoms with van der Waals surface area (Å²) in [6, 6.07) is 3.23. The fraction of sp³-hybridized carbons (Fsp3) is 0.571. The third-order valence-electron chi connectivity index (χ3n) is 3.41. The molecule has 2 heteroatoms. The number of rotatable bonds is 3. The Labute approximate surface area is 106 Å². The molecule has 0 fully saturated rings. The lowest BCUT2D eigenvalue weighted by molar-refractivity contribution is 0.344. The van der Waals surface area contributed by atoms with E-state index in [1.807, 2.05) is 13.8 Å². The molecule has 0 saturated carbocycles. The summed E-state index contributed by atoms with van der Waals surface area (Å²) < 4.78 is 13.2. The van der Waals surface area contributed by atoms with Crippen molar-refractivity contribution in [1.82, 2.24) is 0 Å². The maximum absolute atomic E-state index is 13.2. The highest BCUT2D eigenvalue weighted by atomic mass is 79.9. The van der Waals surface area contributed by atoms with Crippen LogP contribution in [0.15, 0.2) is 12.1 Å². The van der Waals surface area contributed by atoms with E-state index in [4.69, 9.17) is 0 Å². The summed E-state index contributed by atoms with van der Waals surface area (Å²) in [5.74, 6) is -0.146. The van der Waals surface area contributed by atoms with E-state index in [1.54, 1.807) is 12.1 Å². The Bertz CT molecular complexity index is 359. The first-order chi connectivity index (χ1) is 7.29. The predicted octanol–water partition coefficient (Wildman–Crippen LogP) is 5.31. The van der Waals surface area contributed by atoms with Crippen molar-refractivity contribution in [3.63, 3.8) is 0 Å². The first-order valence-corrected chi connectivity index (χ1v) is 6.62. The molecule has 0 bridgehead atoms. The van der Waals surface area contributed by atoms with E-state index < -0.39 is 0 Å². The van der Waals surface area contributed by atoms with Gasteiger partial charge in [0.15, 0.2) is 0 Å². The standard InChI is InChI=1S/C14H20BrF/c1-6-14(4,5)13(15)12-9(2)7-11(16)8-10(12)3/h7-8,13H,6H2,1-5H3. The summed E-state index contributed by atoms with van der Waals surface area (Å²) in [4.78, 5) is 0.269. The molecule has 16 heavy (non-hydrogen) atoms. The van der Waals surface area contributed by atoms with Gasteiger partial charge in [0.25, 0.3) is 0 Å². The molecule has 0 aliphatic carbocycles. The largest absolute Gasteiger partial charge is 0.207 e. The van der Waals surface area contributed by atoms with Gasteiger partial charge in [-0.25, -0.2) is 4.39 Å². The van der Waals surface area contributed by atoms with E-state index in [1.165, 1.54) is 5.56 Å². The van der Waals surface area contributed by atoms with Gasteiger partial charge in [-0.2, -0.15) is 0 Å². The molecule has 0 aromatic heterocycles. The minimum absolute atomic E-state index is 0.146. The molecule has 1 rings (SSSR count). The number of hydrogen-bond donors (Lipinski definition) is 0. The zero-order chi connectivity index (χ0) is 12.5. The molecule has 0 amide bonds. The van der Waals surface area contributed by atoms with Gasteiger partial charge < -0.3 is 0 Å². The van der Waals surface area contributed by atoms with Crippen LogP contribution in [0.2, 0.25) is 0 Å². The summed E-state index contributed by atoms with van der Waals surface area (Å²) >= 11 is 3.77. The first kappa shape index (κ1) is 13.7. The van der Waals surface area contributed by atoms with E-state index >= 15 is 0 Å². The monoisotopic (exact) mass is 286 g/mol. The Kier molecular flexibility index (Phi) is 4.17. The molecule has 90 valence electrons. The minimum atomic E-state index is -0.146. The summed E-state index contributed by atoms with van der Waals surface area (Å²) in [5.41, 5.74) is 3.46. The SMILES string of the molecule is CCC(C)(C)C(Br)c1c(C)cc(F)cc1C. The quantitative estimate of drug-likeness (QED) is 0.660. The van der Waals surface area contributed by atoms with Crippen LogP contribution < -0.4 is 0 Å². The van der Waals surface area contributed by atoms with Crippen LogP contribution >= 0.6 is 15.9 Å². The first-order valence-electron chi connectivity index (χ1n) is 5.70. The summed E-state index contributed by atoms with van der Waals surface area (Å²) in [6.07, 6.45) is 1.08. The average molecular weight is 287 g/mol. The van der Waals surface area contributed by atoms with Crippen LogP contribution in [0.4, 0.5) is 4.39 Å². The van der Waals surface area contributed by atoms with Gasteiger partial charge in [-0.05, 0) is 54.5 Å². The molecule has 0 N–H and O–H groups in total. The molecule has 0 aliphatic rings. The summed E-state index contributed by atoms with van der Waals surface area (Å²) in [6.45, 7) is 10.6. The highest BCUT2D eigenvalue weighted by molar-refractivity contribution is 9.09. The Hall–Kier alpha value is -0.370. The van der Waals surface area contributed by atoms with Crippen molar-refractivity contribution in [2.24, 2.45) is 5.41 Å². The van der Waals surface area contributed by atoms with E-state index in [0.29, 0.717) is 0 Å². The van der Waals surface area contributed by atoms with Crippen molar-refractivity contribution in [1.29, 1.82) is 0 Å². The van der Waals surface area contributed by atoms with Crippen LogP contribution in [0.25, 0.3) is 0 Å². The molecular formula is C14H20BrF. The Balaban J connectivity index is 3.24. The molecule has 0 saturated heterocycles. The van der Waals surface area contributed by atoms with Gasteiger partial charge in [-0.3, -0.25) is 0 Å². The molecule has 1 atom stereocenters. The Morgan fingerprint density at radius 1 is 1.25 bits per heavy atom. The van der Waals surface area contributed by atoms with Crippen molar-refractivity contribution < 1.29 is 4.39 Å². The molecule has 0 radical (unpaired) electrons. The van der Waals surface area contributed by atoms with Gasteiger partial charge in [0, 0.05) is 4.83 Å². The summed E-state index contributed by atoms with van der Waals surface area (Å²) in [5, 5.41) is 0.